The van der Waals surface area contributed by atoms with Gasteiger partial charge in [-0.2, -0.15) is 0 Å². The van der Waals surface area contributed by atoms with E-state index in [9.17, 15) is 4.79 Å². The summed E-state index contributed by atoms with van der Waals surface area (Å²) in [6, 6.07) is 22.6. The number of hydrogen-bond donors (Lipinski definition) is 0. The second kappa shape index (κ2) is 7.33. The van der Waals surface area contributed by atoms with Crippen molar-refractivity contribution in [3.8, 4) is 17.1 Å². The lowest BCUT2D eigenvalue weighted by Gasteiger charge is -2.04. The fourth-order valence-corrected chi connectivity index (χ4v) is 2.83. The van der Waals surface area contributed by atoms with Crippen LogP contribution in [0.2, 0.25) is 0 Å². The van der Waals surface area contributed by atoms with Gasteiger partial charge in [0.2, 0.25) is 0 Å². The molecule has 0 radical (unpaired) electrons. The molecule has 0 amide bonds. The van der Waals surface area contributed by atoms with Crippen molar-refractivity contribution in [3.05, 3.63) is 84.1 Å². The van der Waals surface area contributed by atoms with E-state index < -0.39 is 5.97 Å². The number of rotatable bonds is 5. The average molecular weight is 359 g/mol. The quantitative estimate of drug-likeness (QED) is 0.476. The molecule has 0 saturated heterocycles. The molecule has 4 rings (SSSR count). The number of aromatic nitrogens is 1. The Morgan fingerprint density at radius 3 is 2.67 bits per heavy atom. The molecule has 4 aromatic rings. The molecule has 1 heterocycles. The van der Waals surface area contributed by atoms with Crippen LogP contribution in [0.1, 0.15) is 16.1 Å². The number of esters is 1. The summed E-state index contributed by atoms with van der Waals surface area (Å²) in [5, 5.41) is 6.04. The molecule has 134 valence electrons. The number of ether oxygens (including phenoxy) is 2. The summed E-state index contributed by atoms with van der Waals surface area (Å²) in [7, 11) is 1.61. The highest BCUT2D eigenvalue weighted by Crippen LogP contribution is 2.25. The zero-order chi connectivity index (χ0) is 18.6. The number of carbonyl (C=O) groups is 1. The number of benzene rings is 3. The van der Waals surface area contributed by atoms with Gasteiger partial charge in [-0.3, -0.25) is 0 Å². The summed E-state index contributed by atoms with van der Waals surface area (Å²) < 4.78 is 15.9. The molecule has 1 aromatic heterocycles. The van der Waals surface area contributed by atoms with Crippen LogP contribution in [0.25, 0.3) is 22.1 Å². The van der Waals surface area contributed by atoms with Crippen LogP contribution in [-0.4, -0.2) is 18.2 Å². The second-order valence-corrected chi connectivity index (χ2v) is 6.05. The lowest BCUT2D eigenvalue weighted by molar-refractivity contribution is 0.0464. The first-order valence-electron chi connectivity index (χ1n) is 8.49. The number of fused-ring (bicyclic) bond motifs is 1. The van der Waals surface area contributed by atoms with E-state index in [0.717, 1.165) is 22.1 Å². The van der Waals surface area contributed by atoms with Crippen molar-refractivity contribution in [2.75, 3.05) is 7.11 Å². The Kier molecular flexibility index (Phi) is 4.58. The minimum atomic E-state index is -0.397. The Labute approximate surface area is 156 Å². The van der Waals surface area contributed by atoms with Crippen LogP contribution in [0.15, 0.2) is 77.3 Å². The van der Waals surface area contributed by atoms with E-state index in [2.05, 4.69) is 5.16 Å². The van der Waals surface area contributed by atoms with Gasteiger partial charge in [0.05, 0.1) is 12.7 Å². The smallest absolute Gasteiger partial charge is 0.338 e. The van der Waals surface area contributed by atoms with Gasteiger partial charge in [0, 0.05) is 11.6 Å². The van der Waals surface area contributed by atoms with Gasteiger partial charge in [-0.25, -0.2) is 4.79 Å². The standard InChI is InChI=1S/C22H17NO4/c1-25-20-8-4-7-17(12-20)21-13-19(23-27-21)14-26-22(24)18-10-9-15-5-2-3-6-16(15)11-18/h2-13H,14H2,1H3. The molecule has 0 N–H and O–H groups in total. The number of methoxy groups -OCH3 is 1. The van der Waals surface area contributed by atoms with Crippen LogP contribution in [0.5, 0.6) is 5.75 Å². The molecule has 0 atom stereocenters. The maximum atomic E-state index is 12.3. The Bertz CT molecular complexity index is 1100. The van der Waals surface area contributed by atoms with E-state index in [0.29, 0.717) is 17.0 Å². The second-order valence-electron chi connectivity index (χ2n) is 6.05. The van der Waals surface area contributed by atoms with Crippen LogP contribution in [-0.2, 0) is 11.3 Å². The zero-order valence-electron chi connectivity index (χ0n) is 14.7. The van der Waals surface area contributed by atoms with Crippen molar-refractivity contribution in [2.45, 2.75) is 6.61 Å². The molecule has 5 nitrogen and oxygen atoms in total. The monoisotopic (exact) mass is 359 g/mol. The maximum Gasteiger partial charge on any atom is 0.338 e. The van der Waals surface area contributed by atoms with E-state index in [-0.39, 0.29) is 6.61 Å². The molecular formula is C22H17NO4. The first-order chi connectivity index (χ1) is 13.2. The summed E-state index contributed by atoms with van der Waals surface area (Å²) in [4.78, 5) is 12.3. The SMILES string of the molecule is COc1cccc(-c2cc(COC(=O)c3ccc4ccccc4c3)no2)c1. The Morgan fingerprint density at radius 1 is 0.963 bits per heavy atom. The topological polar surface area (TPSA) is 61.6 Å². The molecule has 0 bridgehead atoms. The summed E-state index contributed by atoms with van der Waals surface area (Å²) >= 11 is 0. The number of nitrogens with zero attached hydrogens (tertiary/aromatic N) is 1. The van der Waals surface area contributed by atoms with E-state index in [1.54, 1.807) is 19.2 Å². The van der Waals surface area contributed by atoms with E-state index in [1.165, 1.54) is 0 Å². The van der Waals surface area contributed by atoms with Gasteiger partial charge in [-0.1, -0.05) is 47.6 Å². The van der Waals surface area contributed by atoms with Crippen molar-refractivity contribution >= 4 is 16.7 Å². The van der Waals surface area contributed by atoms with Gasteiger partial charge in [-0.05, 0) is 35.0 Å². The molecule has 5 heteroatoms. The van der Waals surface area contributed by atoms with Crippen LogP contribution >= 0.6 is 0 Å². The summed E-state index contributed by atoms with van der Waals surface area (Å²) in [6.45, 7) is 0.0408. The number of hydrogen-bond acceptors (Lipinski definition) is 5. The average Bonchev–Trinajstić information content (AvgIpc) is 3.21. The molecular weight excluding hydrogens is 342 g/mol. The first-order valence-corrected chi connectivity index (χ1v) is 8.49. The summed E-state index contributed by atoms with van der Waals surface area (Å²) in [5.74, 6) is 0.922. The van der Waals surface area contributed by atoms with Gasteiger partial charge >= 0.3 is 5.97 Å². The molecule has 0 aliphatic rings. The largest absolute Gasteiger partial charge is 0.497 e. The molecule has 0 saturated carbocycles. The third-order valence-electron chi connectivity index (χ3n) is 4.25. The van der Waals surface area contributed by atoms with Crippen LogP contribution < -0.4 is 4.74 Å². The Hall–Kier alpha value is -3.60. The predicted octanol–water partition coefficient (Wildman–Crippen LogP) is 4.86. The van der Waals surface area contributed by atoms with Gasteiger partial charge in [0.25, 0.3) is 0 Å². The molecule has 0 unspecified atom stereocenters. The summed E-state index contributed by atoms with van der Waals surface area (Å²) in [5.41, 5.74) is 1.89. The normalized spacial score (nSPS) is 10.7. The van der Waals surface area contributed by atoms with Gasteiger partial charge in [0.15, 0.2) is 5.76 Å². The first kappa shape index (κ1) is 16.8. The van der Waals surface area contributed by atoms with Crippen LogP contribution in [0.4, 0.5) is 0 Å². The lowest BCUT2D eigenvalue weighted by Crippen LogP contribution is -2.05. The van der Waals surface area contributed by atoms with Crippen molar-refractivity contribution in [3.63, 3.8) is 0 Å². The highest BCUT2D eigenvalue weighted by Gasteiger charge is 2.12. The van der Waals surface area contributed by atoms with Gasteiger partial charge in [0.1, 0.15) is 18.1 Å². The molecule has 0 aliphatic heterocycles. The van der Waals surface area contributed by atoms with Crippen LogP contribution in [0.3, 0.4) is 0 Å². The third-order valence-corrected chi connectivity index (χ3v) is 4.25. The van der Waals surface area contributed by atoms with Crippen molar-refractivity contribution in [2.24, 2.45) is 0 Å². The predicted molar refractivity (Wildman–Crippen MR) is 102 cm³/mol. The maximum absolute atomic E-state index is 12.3. The lowest BCUT2D eigenvalue weighted by atomic mass is 10.1. The Morgan fingerprint density at radius 2 is 1.81 bits per heavy atom. The third kappa shape index (κ3) is 3.67. The van der Waals surface area contributed by atoms with Crippen LogP contribution in [0, 0.1) is 0 Å². The number of carbonyl (C=O) groups excluding carboxylic acids is 1. The Balaban J connectivity index is 1.45. The van der Waals surface area contributed by atoms with E-state index in [4.69, 9.17) is 14.0 Å². The molecule has 0 fully saturated rings. The summed E-state index contributed by atoms with van der Waals surface area (Å²) in [6.07, 6.45) is 0. The minimum absolute atomic E-state index is 0.0408. The highest BCUT2D eigenvalue weighted by atomic mass is 16.5. The van der Waals surface area contributed by atoms with E-state index in [1.807, 2.05) is 60.7 Å². The van der Waals surface area contributed by atoms with Gasteiger partial charge < -0.3 is 14.0 Å². The fraction of sp³-hybridized carbons (Fsp3) is 0.0909. The molecule has 3 aromatic carbocycles. The van der Waals surface area contributed by atoms with Crippen molar-refractivity contribution in [1.29, 1.82) is 0 Å². The van der Waals surface area contributed by atoms with E-state index >= 15 is 0 Å². The molecule has 27 heavy (non-hydrogen) atoms. The fourth-order valence-electron chi connectivity index (χ4n) is 2.83. The highest BCUT2D eigenvalue weighted by molar-refractivity contribution is 5.95. The molecule has 0 spiro atoms. The van der Waals surface area contributed by atoms with Gasteiger partial charge in [-0.15, -0.1) is 0 Å². The van der Waals surface area contributed by atoms with Crippen molar-refractivity contribution < 1.29 is 18.8 Å². The minimum Gasteiger partial charge on any atom is -0.497 e. The molecule has 0 aliphatic carbocycles. The van der Waals surface area contributed by atoms with Crippen molar-refractivity contribution in [1.82, 2.24) is 5.16 Å². The zero-order valence-corrected chi connectivity index (χ0v) is 14.7.